The number of carbonyl (C=O) groups excluding carboxylic acids is 1. The summed E-state index contributed by atoms with van der Waals surface area (Å²) in [5.74, 6) is -0.499. The number of hydrogen-bond donors (Lipinski definition) is 1. The molecule has 1 unspecified atom stereocenters. The molecule has 0 saturated heterocycles. The fraction of sp³-hybridized carbons (Fsp3) is 0.125. The summed E-state index contributed by atoms with van der Waals surface area (Å²) in [7, 11) is 1.50. The Morgan fingerprint density at radius 1 is 1.10 bits per heavy atom. The van der Waals surface area contributed by atoms with Crippen molar-refractivity contribution in [2.75, 3.05) is 7.11 Å². The molecule has 0 saturated carbocycles. The van der Waals surface area contributed by atoms with E-state index in [0.29, 0.717) is 11.3 Å². The van der Waals surface area contributed by atoms with Gasteiger partial charge in [-0.05, 0) is 24.3 Å². The monoisotopic (exact) mass is 286 g/mol. The number of rotatable bonds is 6. The highest BCUT2D eigenvalue weighted by atomic mass is 16.7. The lowest BCUT2D eigenvalue weighted by molar-refractivity contribution is -0.0562. The van der Waals surface area contributed by atoms with E-state index in [9.17, 15) is 9.59 Å². The summed E-state index contributed by atoms with van der Waals surface area (Å²) < 4.78 is 10.9. The number of methoxy groups -OCH3 is 1. The van der Waals surface area contributed by atoms with Crippen molar-refractivity contribution < 1.29 is 24.2 Å². The van der Waals surface area contributed by atoms with Gasteiger partial charge in [-0.15, -0.1) is 0 Å². The topological polar surface area (TPSA) is 72.8 Å². The van der Waals surface area contributed by atoms with Crippen LogP contribution < -0.4 is 4.74 Å². The van der Waals surface area contributed by atoms with Crippen LogP contribution in [-0.2, 0) is 4.74 Å². The molecule has 0 bridgehead atoms. The minimum Gasteiger partial charge on any atom is -0.478 e. The summed E-state index contributed by atoms with van der Waals surface area (Å²) in [4.78, 5) is 21.4. The fourth-order valence-corrected chi connectivity index (χ4v) is 1.78. The fourth-order valence-electron chi connectivity index (χ4n) is 1.78. The molecule has 0 radical (unpaired) electrons. The first-order chi connectivity index (χ1) is 10.1. The van der Waals surface area contributed by atoms with Crippen LogP contribution in [0.4, 0.5) is 0 Å². The first-order valence-corrected chi connectivity index (χ1v) is 6.22. The Morgan fingerprint density at radius 2 is 1.71 bits per heavy atom. The van der Waals surface area contributed by atoms with Gasteiger partial charge in [0.2, 0.25) is 6.29 Å². The van der Waals surface area contributed by atoms with Crippen molar-refractivity contribution in [2.45, 2.75) is 6.29 Å². The Labute approximate surface area is 121 Å². The first-order valence-electron chi connectivity index (χ1n) is 6.22. The third-order valence-electron chi connectivity index (χ3n) is 2.90. The van der Waals surface area contributed by atoms with Crippen LogP contribution in [0.15, 0.2) is 48.5 Å². The Balaban J connectivity index is 2.14. The molecule has 0 aliphatic rings. The summed E-state index contributed by atoms with van der Waals surface area (Å²) in [6.07, 6.45) is 0.123. The van der Waals surface area contributed by atoms with Gasteiger partial charge in [0.25, 0.3) is 0 Å². The van der Waals surface area contributed by atoms with Gasteiger partial charge in [-0.2, -0.15) is 0 Å². The summed E-state index contributed by atoms with van der Waals surface area (Å²) in [5, 5.41) is 8.84. The average Bonchev–Trinajstić information content (AvgIpc) is 2.53. The van der Waals surface area contributed by atoms with E-state index >= 15 is 0 Å². The lowest BCUT2D eigenvalue weighted by atomic mass is 10.1. The van der Waals surface area contributed by atoms with Crippen molar-refractivity contribution in [3.63, 3.8) is 0 Å². The normalized spacial score (nSPS) is 11.7. The molecular weight excluding hydrogens is 272 g/mol. The largest absolute Gasteiger partial charge is 0.478 e. The van der Waals surface area contributed by atoms with Crippen LogP contribution in [0.5, 0.6) is 5.75 Å². The minimum absolute atomic E-state index is 0.187. The zero-order valence-electron chi connectivity index (χ0n) is 11.4. The molecule has 2 rings (SSSR count). The van der Waals surface area contributed by atoms with Gasteiger partial charge in [-0.3, -0.25) is 4.79 Å². The maximum Gasteiger partial charge on any atom is 0.335 e. The second-order valence-corrected chi connectivity index (χ2v) is 4.30. The van der Waals surface area contributed by atoms with E-state index in [1.807, 2.05) is 0 Å². The van der Waals surface area contributed by atoms with E-state index in [0.717, 1.165) is 11.8 Å². The van der Waals surface area contributed by atoms with E-state index in [-0.39, 0.29) is 5.56 Å². The van der Waals surface area contributed by atoms with E-state index < -0.39 is 12.3 Å². The predicted molar refractivity (Wildman–Crippen MR) is 75.6 cm³/mol. The second kappa shape index (κ2) is 6.67. The zero-order chi connectivity index (χ0) is 15.2. The number of aldehydes is 1. The van der Waals surface area contributed by atoms with Crippen molar-refractivity contribution in [2.24, 2.45) is 0 Å². The molecule has 0 spiro atoms. The number of hydrogen-bond acceptors (Lipinski definition) is 4. The average molecular weight is 286 g/mol. The van der Waals surface area contributed by atoms with E-state index in [2.05, 4.69) is 0 Å². The van der Waals surface area contributed by atoms with Gasteiger partial charge < -0.3 is 14.6 Å². The lowest BCUT2D eigenvalue weighted by Gasteiger charge is -2.18. The Morgan fingerprint density at radius 3 is 2.19 bits per heavy atom. The Bertz CT molecular complexity index is 616. The Hall–Kier alpha value is -2.66. The standard InChI is InChI=1S/C16H14O5/c1-20-16(13-4-2-11(10-17)3-5-13)21-14-8-6-12(7-9-14)15(18)19/h2-10,16H,1H3,(H,18,19). The van der Waals surface area contributed by atoms with E-state index in [4.69, 9.17) is 14.6 Å². The van der Waals surface area contributed by atoms with E-state index in [1.54, 1.807) is 36.4 Å². The van der Waals surface area contributed by atoms with Gasteiger partial charge in [0.15, 0.2) is 0 Å². The maximum absolute atomic E-state index is 10.8. The summed E-state index contributed by atoms with van der Waals surface area (Å²) in [6.45, 7) is 0. The minimum atomic E-state index is -0.991. The molecule has 0 heterocycles. The number of aromatic carboxylic acids is 1. The third-order valence-corrected chi connectivity index (χ3v) is 2.90. The van der Waals surface area contributed by atoms with Crippen molar-refractivity contribution in [3.8, 4) is 5.75 Å². The first kappa shape index (κ1) is 14.7. The molecule has 2 aromatic carbocycles. The van der Waals surface area contributed by atoms with Crippen molar-refractivity contribution in [3.05, 3.63) is 65.2 Å². The highest BCUT2D eigenvalue weighted by Crippen LogP contribution is 2.23. The molecule has 108 valence electrons. The maximum atomic E-state index is 10.8. The number of ether oxygens (including phenoxy) is 2. The molecule has 0 aromatic heterocycles. The molecule has 0 aliphatic carbocycles. The summed E-state index contributed by atoms with van der Waals surface area (Å²) >= 11 is 0. The quantitative estimate of drug-likeness (QED) is 0.653. The van der Waals surface area contributed by atoms with Crippen LogP contribution in [0.3, 0.4) is 0 Å². The van der Waals surface area contributed by atoms with Crippen molar-refractivity contribution in [1.82, 2.24) is 0 Å². The number of carboxylic acids is 1. The van der Waals surface area contributed by atoms with Gasteiger partial charge in [-0.25, -0.2) is 4.79 Å². The molecule has 5 nitrogen and oxygen atoms in total. The third kappa shape index (κ3) is 3.67. The highest BCUT2D eigenvalue weighted by Gasteiger charge is 2.12. The SMILES string of the molecule is COC(Oc1ccc(C(=O)O)cc1)c1ccc(C=O)cc1. The van der Waals surface area contributed by atoms with Crippen LogP contribution in [-0.4, -0.2) is 24.5 Å². The predicted octanol–water partition coefficient (Wildman–Crippen LogP) is 2.92. The van der Waals surface area contributed by atoms with Gasteiger partial charge in [0.1, 0.15) is 12.0 Å². The highest BCUT2D eigenvalue weighted by molar-refractivity contribution is 5.87. The van der Waals surface area contributed by atoms with Crippen LogP contribution in [0, 0.1) is 0 Å². The summed E-state index contributed by atoms with van der Waals surface area (Å²) in [6, 6.07) is 12.9. The van der Waals surface area contributed by atoms with Crippen molar-refractivity contribution >= 4 is 12.3 Å². The zero-order valence-corrected chi connectivity index (χ0v) is 11.4. The molecular formula is C16H14O5. The molecule has 0 amide bonds. The Kier molecular flexibility index (Phi) is 4.68. The van der Waals surface area contributed by atoms with Crippen LogP contribution in [0.25, 0.3) is 0 Å². The number of benzene rings is 2. The van der Waals surface area contributed by atoms with Gasteiger partial charge in [-0.1, -0.05) is 24.3 Å². The van der Waals surface area contributed by atoms with Gasteiger partial charge >= 0.3 is 5.97 Å². The van der Waals surface area contributed by atoms with Crippen LogP contribution in [0.2, 0.25) is 0 Å². The second-order valence-electron chi connectivity index (χ2n) is 4.30. The molecule has 21 heavy (non-hydrogen) atoms. The smallest absolute Gasteiger partial charge is 0.335 e. The van der Waals surface area contributed by atoms with Gasteiger partial charge in [0, 0.05) is 18.2 Å². The molecule has 2 aromatic rings. The van der Waals surface area contributed by atoms with Crippen LogP contribution >= 0.6 is 0 Å². The summed E-state index contributed by atoms with van der Waals surface area (Å²) in [5.41, 5.74) is 1.51. The molecule has 0 fully saturated rings. The molecule has 1 N–H and O–H groups in total. The lowest BCUT2D eigenvalue weighted by Crippen LogP contribution is -2.10. The van der Waals surface area contributed by atoms with Gasteiger partial charge in [0.05, 0.1) is 5.56 Å². The van der Waals surface area contributed by atoms with Crippen LogP contribution in [0.1, 0.15) is 32.6 Å². The van der Waals surface area contributed by atoms with Crippen molar-refractivity contribution in [1.29, 1.82) is 0 Å². The molecule has 5 heteroatoms. The molecule has 0 aliphatic heterocycles. The molecule has 1 atom stereocenters. The number of carbonyl (C=O) groups is 2. The number of carboxylic acid groups (broad SMARTS) is 1. The van der Waals surface area contributed by atoms with E-state index in [1.165, 1.54) is 19.2 Å².